The number of hydrogen-bond donors (Lipinski definition) is 1. The van der Waals surface area contributed by atoms with Crippen LogP contribution < -0.4 is 5.73 Å². The van der Waals surface area contributed by atoms with Gasteiger partial charge in [-0.25, -0.2) is 4.98 Å². The lowest BCUT2D eigenvalue weighted by Gasteiger charge is -2.23. The average Bonchev–Trinajstić information content (AvgIpc) is 2.92. The van der Waals surface area contributed by atoms with Crippen molar-refractivity contribution in [3.8, 4) is 0 Å². The molecule has 0 saturated carbocycles. The van der Waals surface area contributed by atoms with Crippen molar-refractivity contribution in [3.05, 3.63) is 50.5 Å². The molecule has 2 N–H and O–H groups in total. The Bertz CT molecular complexity index is 630. The zero-order valence-corrected chi connectivity index (χ0v) is 12.6. The number of benzene rings is 1. The Balaban J connectivity index is 2.12. The molecule has 100 valence electrons. The van der Waals surface area contributed by atoms with Gasteiger partial charge >= 0.3 is 0 Å². The van der Waals surface area contributed by atoms with E-state index in [0.717, 1.165) is 24.3 Å². The summed E-state index contributed by atoms with van der Waals surface area (Å²) in [5.74, 6) is 0. The van der Waals surface area contributed by atoms with Crippen molar-refractivity contribution in [2.45, 2.75) is 45.6 Å². The van der Waals surface area contributed by atoms with Gasteiger partial charge in [0, 0.05) is 4.88 Å². The molecule has 1 unspecified atom stereocenters. The third kappa shape index (κ3) is 1.92. The van der Waals surface area contributed by atoms with Crippen LogP contribution in [0.25, 0.3) is 0 Å². The number of aryl methyl sites for hydroxylation is 4. The molecule has 2 nitrogen and oxygen atoms in total. The second-order valence-electron chi connectivity index (χ2n) is 5.51. The molecule has 0 radical (unpaired) electrons. The third-order valence-corrected chi connectivity index (χ3v) is 5.33. The Morgan fingerprint density at radius 3 is 2.84 bits per heavy atom. The second kappa shape index (κ2) is 4.43. The number of nitrogens with zero attached hydrogens (tertiary/aromatic N) is 1. The van der Waals surface area contributed by atoms with Crippen molar-refractivity contribution in [3.63, 3.8) is 0 Å². The van der Waals surface area contributed by atoms with Crippen molar-refractivity contribution >= 4 is 11.3 Å². The van der Waals surface area contributed by atoms with Crippen molar-refractivity contribution in [1.29, 1.82) is 0 Å². The Morgan fingerprint density at radius 2 is 2.16 bits per heavy atom. The van der Waals surface area contributed by atoms with Gasteiger partial charge in [0.2, 0.25) is 0 Å². The zero-order chi connectivity index (χ0) is 13.6. The van der Waals surface area contributed by atoms with Crippen molar-refractivity contribution < 1.29 is 0 Å². The van der Waals surface area contributed by atoms with Crippen LogP contribution >= 0.6 is 11.3 Å². The Labute approximate surface area is 118 Å². The molecule has 0 fully saturated rings. The topological polar surface area (TPSA) is 38.9 Å². The first-order chi connectivity index (χ1) is 9.04. The van der Waals surface area contributed by atoms with E-state index in [4.69, 9.17) is 10.7 Å². The summed E-state index contributed by atoms with van der Waals surface area (Å²) >= 11 is 1.77. The van der Waals surface area contributed by atoms with Gasteiger partial charge in [-0.15, -0.1) is 11.3 Å². The van der Waals surface area contributed by atoms with E-state index < -0.39 is 0 Å². The van der Waals surface area contributed by atoms with Crippen LogP contribution in [0.4, 0.5) is 0 Å². The zero-order valence-electron chi connectivity index (χ0n) is 11.8. The fraction of sp³-hybridized carbons (Fsp3) is 0.438. The minimum Gasteiger partial charge on any atom is -0.316 e. The van der Waals surface area contributed by atoms with Crippen LogP contribution in [0.1, 0.15) is 45.6 Å². The first-order valence-corrected chi connectivity index (χ1v) is 7.72. The molecule has 1 aliphatic carbocycles. The molecule has 1 aromatic heterocycles. The molecule has 2 aromatic rings. The molecular weight excluding hydrogens is 252 g/mol. The molecule has 3 heteroatoms. The number of aromatic nitrogens is 1. The molecule has 0 saturated heterocycles. The van der Waals surface area contributed by atoms with Crippen LogP contribution in [0.15, 0.2) is 18.2 Å². The van der Waals surface area contributed by atoms with Gasteiger partial charge in [-0.1, -0.05) is 30.7 Å². The fourth-order valence-electron chi connectivity index (χ4n) is 2.96. The summed E-state index contributed by atoms with van der Waals surface area (Å²) in [6, 6.07) is 6.64. The predicted molar refractivity (Wildman–Crippen MR) is 80.7 cm³/mol. The molecule has 1 atom stereocenters. The van der Waals surface area contributed by atoms with Crippen LogP contribution in [-0.2, 0) is 18.4 Å². The van der Waals surface area contributed by atoms with Gasteiger partial charge in [0.05, 0.1) is 11.2 Å². The minimum atomic E-state index is -0.371. The molecule has 0 spiro atoms. The molecule has 1 aliphatic rings. The molecule has 0 bridgehead atoms. The van der Waals surface area contributed by atoms with Gasteiger partial charge in [0.25, 0.3) is 0 Å². The lowest BCUT2D eigenvalue weighted by atomic mass is 9.92. The lowest BCUT2D eigenvalue weighted by molar-refractivity contribution is 0.530. The normalized spacial score (nSPS) is 21.7. The number of thiazole rings is 1. The molecular formula is C16H20N2S. The molecule has 0 aliphatic heterocycles. The van der Waals surface area contributed by atoms with E-state index >= 15 is 0 Å². The monoisotopic (exact) mass is 272 g/mol. The van der Waals surface area contributed by atoms with Crippen LogP contribution in [0, 0.1) is 13.8 Å². The third-order valence-electron chi connectivity index (χ3n) is 4.14. The van der Waals surface area contributed by atoms with Crippen LogP contribution in [0.3, 0.4) is 0 Å². The van der Waals surface area contributed by atoms with Crippen molar-refractivity contribution in [2.24, 2.45) is 5.73 Å². The van der Waals surface area contributed by atoms with Gasteiger partial charge in [-0.2, -0.15) is 0 Å². The number of rotatable bonds is 2. The van der Waals surface area contributed by atoms with Gasteiger partial charge < -0.3 is 5.73 Å². The molecule has 1 heterocycles. The first-order valence-electron chi connectivity index (χ1n) is 6.90. The Kier molecular flexibility index (Phi) is 2.99. The highest BCUT2D eigenvalue weighted by Crippen LogP contribution is 2.42. The van der Waals surface area contributed by atoms with Crippen LogP contribution in [-0.4, -0.2) is 4.98 Å². The first kappa shape index (κ1) is 12.8. The smallest absolute Gasteiger partial charge is 0.118 e. The maximum absolute atomic E-state index is 6.75. The van der Waals surface area contributed by atoms with Gasteiger partial charge in [0.15, 0.2) is 0 Å². The van der Waals surface area contributed by atoms with E-state index in [1.807, 2.05) is 0 Å². The van der Waals surface area contributed by atoms with E-state index in [1.165, 1.54) is 27.3 Å². The van der Waals surface area contributed by atoms with E-state index in [2.05, 4.69) is 39.0 Å². The summed E-state index contributed by atoms with van der Waals surface area (Å²) in [6.45, 7) is 6.43. The quantitative estimate of drug-likeness (QED) is 0.909. The SMILES string of the molecule is CCc1nc(C2(N)CCc3ccc(C)cc32)sc1C. The fourth-order valence-corrected chi connectivity index (χ4v) is 4.11. The van der Waals surface area contributed by atoms with Crippen LogP contribution in [0.2, 0.25) is 0 Å². The van der Waals surface area contributed by atoms with Gasteiger partial charge in [-0.05, 0) is 44.2 Å². The van der Waals surface area contributed by atoms with Gasteiger partial charge in [-0.3, -0.25) is 0 Å². The largest absolute Gasteiger partial charge is 0.316 e. The van der Waals surface area contributed by atoms with E-state index in [1.54, 1.807) is 11.3 Å². The molecule has 3 rings (SSSR count). The Hall–Kier alpha value is -1.19. The summed E-state index contributed by atoms with van der Waals surface area (Å²) < 4.78 is 0. The second-order valence-corrected chi connectivity index (χ2v) is 6.71. The highest BCUT2D eigenvalue weighted by molar-refractivity contribution is 7.11. The minimum absolute atomic E-state index is 0.371. The van der Waals surface area contributed by atoms with E-state index in [9.17, 15) is 0 Å². The maximum Gasteiger partial charge on any atom is 0.118 e. The summed E-state index contributed by atoms with van der Waals surface area (Å²) in [5.41, 5.74) is 11.5. The Morgan fingerprint density at radius 1 is 1.37 bits per heavy atom. The predicted octanol–water partition coefficient (Wildman–Crippen LogP) is 3.47. The number of fused-ring (bicyclic) bond motifs is 1. The summed E-state index contributed by atoms with van der Waals surface area (Å²) in [6.07, 6.45) is 3.02. The standard InChI is InChI=1S/C16H20N2S/c1-4-14-11(3)19-15(18-14)16(17)8-7-12-6-5-10(2)9-13(12)16/h5-6,9H,4,7-8,17H2,1-3H3. The molecule has 0 amide bonds. The van der Waals surface area contributed by atoms with E-state index in [-0.39, 0.29) is 5.54 Å². The summed E-state index contributed by atoms with van der Waals surface area (Å²) in [7, 11) is 0. The van der Waals surface area contributed by atoms with Crippen molar-refractivity contribution in [2.75, 3.05) is 0 Å². The van der Waals surface area contributed by atoms with Crippen LogP contribution in [0.5, 0.6) is 0 Å². The number of nitrogens with two attached hydrogens (primary N) is 1. The highest BCUT2D eigenvalue weighted by atomic mass is 32.1. The summed E-state index contributed by atoms with van der Waals surface area (Å²) in [4.78, 5) is 6.11. The lowest BCUT2D eigenvalue weighted by Crippen LogP contribution is -2.35. The van der Waals surface area contributed by atoms with Crippen molar-refractivity contribution in [1.82, 2.24) is 4.98 Å². The van der Waals surface area contributed by atoms with Gasteiger partial charge in [0.1, 0.15) is 5.01 Å². The molecule has 19 heavy (non-hydrogen) atoms. The van der Waals surface area contributed by atoms with E-state index in [0.29, 0.717) is 0 Å². The maximum atomic E-state index is 6.75. The summed E-state index contributed by atoms with van der Waals surface area (Å²) in [5, 5.41) is 1.09. The highest BCUT2D eigenvalue weighted by Gasteiger charge is 2.39. The molecule has 1 aromatic carbocycles. The number of hydrogen-bond acceptors (Lipinski definition) is 3. The average molecular weight is 272 g/mol.